The molecule has 2 aliphatic heterocycles. The number of carbonyl (C=O) groups excluding carboxylic acids is 1. The Morgan fingerprint density at radius 1 is 1.38 bits per heavy atom. The van der Waals surface area contributed by atoms with Crippen molar-refractivity contribution in [2.75, 3.05) is 46.3 Å². The quantitative estimate of drug-likeness (QED) is 0.777. The lowest BCUT2D eigenvalue weighted by atomic mass is 9.94. The second-order valence-corrected chi connectivity index (χ2v) is 6.86. The van der Waals surface area contributed by atoms with E-state index in [1.807, 2.05) is 18.9 Å². The highest BCUT2D eigenvalue weighted by molar-refractivity contribution is 5.78. The van der Waals surface area contributed by atoms with E-state index >= 15 is 0 Å². The van der Waals surface area contributed by atoms with E-state index in [0.29, 0.717) is 11.8 Å². The van der Waals surface area contributed by atoms with Crippen LogP contribution in [0.4, 0.5) is 0 Å². The van der Waals surface area contributed by atoms with E-state index < -0.39 is 0 Å². The van der Waals surface area contributed by atoms with Crippen LogP contribution in [0.15, 0.2) is 0 Å². The Morgan fingerprint density at radius 2 is 2.10 bits per heavy atom. The van der Waals surface area contributed by atoms with E-state index in [1.54, 1.807) is 0 Å². The summed E-state index contributed by atoms with van der Waals surface area (Å²) in [6.07, 6.45) is 4.16. The number of aliphatic hydroxyl groups excluding tert-OH is 1. The fourth-order valence-electron chi connectivity index (χ4n) is 3.58. The molecule has 0 radical (unpaired) electrons. The summed E-state index contributed by atoms with van der Waals surface area (Å²) in [7, 11) is 1.96. The van der Waals surface area contributed by atoms with Crippen molar-refractivity contribution in [2.24, 2.45) is 11.8 Å². The fraction of sp³-hybridized carbons (Fsp3) is 0.938. The zero-order chi connectivity index (χ0) is 15.2. The third-order valence-corrected chi connectivity index (χ3v) is 4.78. The highest BCUT2D eigenvalue weighted by atomic mass is 16.3. The van der Waals surface area contributed by atoms with Crippen LogP contribution in [0.5, 0.6) is 0 Å². The molecule has 0 aromatic rings. The summed E-state index contributed by atoms with van der Waals surface area (Å²) in [5.74, 6) is 1.11. The van der Waals surface area contributed by atoms with Gasteiger partial charge in [-0.25, -0.2) is 0 Å². The number of hydrogen-bond acceptors (Lipinski definition) is 4. The first kappa shape index (κ1) is 16.7. The van der Waals surface area contributed by atoms with Gasteiger partial charge in [-0.05, 0) is 58.2 Å². The average Bonchev–Trinajstić information content (AvgIpc) is 2.49. The lowest BCUT2D eigenvalue weighted by Crippen LogP contribution is -2.45. The van der Waals surface area contributed by atoms with Crippen LogP contribution in [-0.4, -0.2) is 73.2 Å². The second kappa shape index (κ2) is 8.11. The van der Waals surface area contributed by atoms with E-state index in [9.17, 15) is 9.90 Å². The van der Waals surface area contributed by atoms with Gasteiger partial charge in [0.05, 0.1) is 12.0 Å². The van der Waals surface area contributed by atoms with Crippen LogP contribution in [0.3, 0.4) is 0 Å². The Morgan fingerprint density at radius 3 is 2.67 bits per heavy atom. The topological polar surface area (TPSA) is 55.8 Å². The predicted octanol–water partition coefficient (Wildman–Crippen LogP) is 0.537. The molecule has 2 aliphatic rings. The summed E-state index contributed by atoms with van der Waals surface area (Å²) < 4.78 is 0. The van der Waals surface area contributed by atoms with Gasteiger partial charge in [0, 0.05) is 26.7 Å². The molecule has 0 bridgehead atoms. The van der Waals surface area contributed by atoms with Crippen LogP contribution in [0, 0.1) is 11.8 Å². The lowest BCUT2D eigenvalue weighted by Gasteiger charge is -2.35. The summed E-state index contributed by atoms with van der Waals surface area (Å²) >= 11 is 0. The Hall–Kier alpha value is -0.650. The summed E-state index contributed by atoms with van der Waals surface area (Å²) in [6.45, 7) is 7.49. The fourth-order valence-corrected chi connectivity index (χ4v) is 3.58. The first-order valence-corrected chi connectivity index (χ1v) is 8.42. The molecule has 122 valence electrons. The molecular weight excluding hydrogens is 266 g/mol. The van der Waals surface area contributed by atoms with Gasteiger partial charge in [-0.2, -0.15) is 0 Å². The molecule has 0 aromatic carbocycles. The number of likely N-dealkylation sites (tertiary alicyclic amines) is 1. The molecule has 0 aliphatic carbocycles. The van der Waals surface area contributed by atoms with Gasteiger partial charge >= 0.3 is 0 Å². The third-order valence-electron chi connectivity index (χ3n) is 4.78. The first-order valence-electron chi connectivity index (χ1n) is 8.42. The van der Waals surface area contributed by atoms with E-state index in [-0.39, 0.29) is 12.0 Å². The number of hydrogen-bond donors (Lipinski definition) is 2. The monoisotopic (exact) mass is 297 g/mol. The van der Waals surface area contributed by atoms with Crippen molar-refractivity contribution in [1.82, 2.24) is 15.1 Å². The number of β-amino-alcohol motifs (C(OH)–C–C–N with tert-alkyl or cyclic N) is 1. The molecule has 5 heteroatoms. The molecule has 0 aromatic heterocycles. The van der Waals surface area contributed by atoms with E-state index in [2.05, 4.69) is 10.2 Å². The number of carbonyl (C=O) groups is 1. The lowest BCUT2D eigenvalue weighted by molar-refractivity contribution is -0.135. The Kier molecular flexibility index (Phi) is 6.45. The molecule has 2 atom stereocenters. The van der Waals surface area contributed by atoms with Crippen LogP contribution < -0.4 is 5.32 Å². The standard InChI is InChI=1S/C16H31N3O2/c1-13(20)11-19-8-5-14(6-9-19)12-18(2)16(21)15-4-3-7-17-10-15/h13-15,17,20H,3-12H2,1-2H3. The van der Waals surface area contributed by atoms with Crippen molar-refractivity contribution >= 4 is 5.91 Å². The van der Waals surface area contributed by atoms with Crippen LogP contribution >= 0.6 is 0 Å². The number of piperidine rings is 2. The van der Waals surface area contributed by atoms with Crippen molar-refractivity contribution in [3.8, 4) is 0 Å². The van der Waals surface area contributed by atoms with Crippen LogP contribution in [0.1, 0.15) is 32.6 Å². The van der Waals surface area contributed by atoms with E-state index in [1.165, 1.54) is 0 Å². The molecule has 2 heterocycles. The van der Waals surface area contributed by atoms with Gasteiger partial charge in [0.25, 0.3) is 0 Å². The van der Waals surface area contributed by atoms with Crippen LogP contribution in [-0.2, 0) is 4.79 Å². The van der Waals surface area contributed by atoms with E-state index in [0.717, 1.165) is 65.0 Å². The summed E-state index contributed by atoms with van der Waals surface area (Å²) in [4.78, 5) is 16.7. The SMILES string of the molecule is CC(O)CN1CCC(CN(C)C(=O)C2CCCNC2)CC1. The van der Waals surface area contributed by atoms with Crippen molar-refractivity contribution in [1.29, 1.82) is 0 Å². The molecule has 0 spiro atoms. The molecule has 5 nitrogen and oxygen atoms in total. The number of aliphatic hydroxyl groups is 1. The molecule has 2 fully saturated rings. The largest absolute Gasteiger partial charge is 0.392 e. The highest BCUT2D eigenvalue weighted by Crippen LogP contribution is 2.20. The van der Waals surface area contributed by atoms with Crippen molar-refractivity contribution < 1.29 is 9.90 Å². The summed E-state index contributed by atoms with van der Waals surface area (Å²) in [6, 6.07) is 0. The van der Waals surface area contributed by atoms with Gasteiger partial charge in [-0.15, -0.1) is 0 Å². The van der Waals surface area contributed by atoms with Gasteiger partial charge < -0.3 is 20.2 Å². The minimum absolute atomic E-state index is 0.180. The Bertz CT molecular complexity index is 321. The third kappa shape index (κ3) is 5.24. The maximum Gasteiger partial charge on any atom is 0.226 e. The normalized spacial score (nSPS) is 26.5. The second-order valence-electron chi connectivity index (χ2n) is 6.86. The van der Waals surface area contributed by atoms with Crippen LogP contribution in [0.25, 0.3) is 0 Å². The molecule has 2 saturated heterocycles. The molecule has 21 heavy (non-hydrogen) atoms. The van der Waals surface area contributed by atoms with Gasteiger partial charge in [0.2, 0.25) is 5.91 Å². The summed E-state index contributed by atoms with van der Waals surface area (Å²) in [5, 5.41) is 12.8. The molecule has 0 saturated carbocycles. The molecular formula is C16H31N3O2. The molecule has 2 rings (SSSR count). The van der Waals surface area contributed by atoms with Crippen molar-refractivity contribution in [2.45, 2.75) is 38.7 Å². The van der Waals surface area contributed by atoms with Gasteiger partial charge in [-0.1, -0.05) is 0 Å². The number of rotatable bonds is 5. The number of amides is 1. The molecule has 2 unspecified atom stereocenters. The van der Waals surface area contributed by atoms with Crippen molar-refractivity contribution in [3.05, 3.63) is 0 Å². The number of nitrogens with zero attached hydrogens (tertiary/aromatic N) is 2. The average molecular weight is 297 g/mol. The zero-order valence-electron chi connectivity index (χ0n) is 13.6. The predicted molar refractivity (Wildman–Crippen MR) is 84.1 cm³/mol. The maximum atomic E-state index is 12.4. The summed E-state index contributed by atoms with van der Waals surface area (Å²) in [5.41, 5.74) is 0. The van der Waals surface area contributed by atoms with Gasteiger partial charge in [-0.3, -0.25) is 4.79 Å². The minimum atomic E-state index is -0.246. The van der Waals surface area contributed by atoms with Gasteiger partial charge in [0.15, 0.2) is 0 Å². The Balaban J connectivity index is 1.71. The smallest absolute Gasteiger partial charge is 0.226 e. The number of nitrogens with one attached hydrogen (secondary N) is 1. The Labute approximate surface area is 128 Å². The molecule has 2 N–H and O–H groups in total. The van der Waals surface area contributed by atoms with Crippen molar-refractivity contribution in [3.63, 3.8) is 0 Å². The molecule has 1 amide bonds. The highest BCUT2D eigenvalue weighted by Gasteiger charge is 2.27. The maximum absolute atomic E-state index is 12.4. The van der Waals surface area contributed by atoms with Crippen LogP contribution in [0.2, 0.25) is 0 Å². The van der Waals surface area contributed by atoms with Gasteiger partial charge in [0.1, 0.15) is 0 Å². The first-order chi connectivity index (χ1) is 10.1. The minimum Gasteiger partial charge on any atom is -0.392 e. The zero-order valence-corrected chi connectivity index (χ0v) is 13.6. The van der Waals surface area contributed by atoms with E-state index in [4.69, 9.17) is 0 Å².